The summed E-state index contributed by atoms with van der Waals surface area (Å²) in [7, 11) is -0.654. The highest BCUT2D eigenvalue weighted by molar-refractivity contribution is 7.89. The first-order valence-corrected chi connectivity index (χ1v) is 14.1. The van der Waals surface area contributed by atoms with Crippen LogP contribution in [0, 0.1) is 0 Å². The summed E-state index contributed by atoms with van der Waals surface area (Å²) in [5, 5.41) is 16.0. The van der Waals surface area contributed by atoms with Crippen LogP contribution in [0.15, 0.2) is 65.6 Å². The van der Waals surface area contributed by atoms with Crippen molar-refractivity contribution in [3.63, 3.8) is 0 Å². The molecule has 3 N–H and O–H groups in total. The number of rotatable bonds is 10. The number of nitrogens with one attached hydrogen (secondary N) is 2. The average molecular weight is 540 g/mol. The number of ether oxygens (including phenoxy) is 3. The highest BCUT2D eigenvalue weighted by atomic mass is 32.2. The molecule has 10 heteroatoms. The Morgan fingerprint density at radius 2 is 1.71 bits per heavy atom. The largest absolute Gasteiger partial charge is 0.493 e. The number of aliphatic hydroxyl groups is 1. The Morgan fingerprint density at radius 3 is 2.47 bits per heavy atom. The van der Waals surface area contributed by atoms with E-state index >= 15 is 0 Å². The van der Waals surface area contributed by atoms with Gasteiger partial charge in [-0.2, -0.15) is 4.31 Å². The Bertz CT molecular complexity index is 1510. The van der Waals surface area contributed by atoms with Crippen molar-refractivity contribution in [1.82, 2.24) is 14.6 Å². The van der Waals surface area contributed by atoms with Crippen LogP contribution in [0.4, 0.5) is 0 Å². The number of sulfonamides is 1. The van der Waals surface area contributed by atoms with Gasteiger partial charge in [-0.05, 0) is 43.2 Å². The van der Waals surface area contributed by atoms with Crippen molar-refractivity contribution in [3.8, 4) is 17.2 Å². The number of benzene rings is 3. The van der Waals surface area contributed by atoms with Crippen LogP contribution in [0.1, 0.15) is 12.8 Å². The van der Waals surface area contributed by atoms with Crippen LogP contribution < -0.4 is 19.5 Å². The summed E-state index contributed by atoms with van der Waals surface area (Å²) in [5.74, 6) is 1.59. The number of aromatic amines is 1. The average Bonchev–Trinajstić information content (AvgIpc) is 3.34. The van der Waals surface area contributed by atoms with Crippen LogP contribution in [0.5, 0.6) is 17.2 Å². The van der Waals surface area contributed by atoms with E-state index < -0.39 is 16.1 Å². The second-order valence-electron chi connectivity index (χ2n) is 9.42. The van der Waals surface area contributed by atoms with Gasteiger partial charge >= 0.3 is 0 Å². The topological polar surface area (TPSA) is 113 Å². The fraction of sp³-hybridized carbons (Fsp3) is 0.357. The van der Waals surface area contributed by atoms with E-state index in [4.69, 9.17) is 14.2 Å². The summed E-state index contributed by atoms with van der Waals surface area (Å²) >= 11 is 0. The van der Waals surface area contributed by atoms with Crippen molar-refractivity contribution >= 4 is 31.8 Å². The minimum absolute atomic E-state index is 0.110. The SMILES string of the molecule is COc1ccc(S(=O)(=O)N2CCC(NC[C@H](O)COc3cccc4[nH]c5ccccc5c34)CC2)cc1OC. The third kappa shape index (κ3) is 5.30. The minimum Gasteiger partial charge on any atom is -0.493 e. The second kappa shape index (κ2) is 11.2. The zero-order chi connectivity index (χ0) is 26.7. The zero-order valence-electron chi connectivity index (χ0n) is 21.5. The molecule has 0 unspecified atom stereocenters. The first kappa shape index (κ1) is 26.3. The summed E-state index contributed by atoms with van der Waals surface area (Å²) in [6.45, 7) is 1.29. The normalized spacial score (nSPS) is 16.1. The van der Waals surface area contributed by atoms with E-state index in [9.17, 15) is 13.5 Å². The molecule has 38 heavy (non-hydrogen) atoms. The van der Waals surface area contributed by atoms with Gasteiger partial charge in [0, 0.05) is 48.0 Å². The number of H-pyrrole nitrogens is 1. The van der Waals surface area contributed by atoms with Crippen LogP contribution in [0.25, 0.3) is 21.8 Å². The molecule has 0 saturated carbocycles. The molecule has 0 radical (unpaired) electrons. The molecule has 1 aliphatic heterocycles. The number of methoxy groups -OCH3 is 2. The lowest BCUT2D eigenvalue weighted by atomic mass is 10.1. The van der Waals surface area contributed by atoms with E-state index in [1.54, 1.807) is 6.07 Å². The minimum atomic E-state index is -3.64. The molecule has 202 valence electrons. The fourth-order valence-corrected chi connectivity index (χ4v) is 6.45. The summed E-state index contributed by atoms with van der Waals surface area (Å²) < 4.78 is 44.3. The molecule has 3 aromatic carbocycles. The van der Waals surface area contributed by atoms with Crippen LogP contribution >= 0.6 is 0 Å². The molecule has 1 aromatic heterocycles. The number of hydrogen-bond donors (Lipinski definition) is 3. The summed E-state index contributed by atoms with van der Waals surface area (Å²) in [5.41, 5.74) is 2.03. The van der Waals surface area contributed by atoms with Gasteiger partial charge in [0.05, 0.1) is 24.6 Å². The van der Waals surface area contributed by atoms with Gasteiger partial charge in [0.15, 0.2) is 11.5 Å². The summed E-state index contributed by atoms with van der Waals surface area (Å²) in [6, 6.07) is 18.7. The second-order valence-corrected chi connectivity index (χ2v) is 11.4. The highest BCUT2D eigenvalue weighted by Crippen LogP contribution is 2.33. The van der Waals surface area contributed by atoms with E-state index in [2.05, 4.69) is 16.4 Å². The van der Waals surface area contributed by atoms with Crippen LogP contribution in [-0.2, 0) is 10.0 Å². The van der Waals surface area contributed by atoms with Gasteiger partial charge in [0.2, 0.25) is 10.0 Å². The summed E-state index contributed by atoms with van der Waals surface area (Å²) in [6.07, 6.45) is 0.590. The quantitative estimate of drug-likeness (QED) is 0.283. The van der Waals surface area contributed by atoms with E-state index in [0.29, 0.717) is 44.0 Å². The number of aliphatic hydroxyl groups excluding tert-OH is 1. The third-order valence-corrected chi connectivity index (χ3v) is 8.91. The molecule has 0 spiro atoms. The maximum Gasteiger partial charge on any atom is 0.243 e. The predicted octanol–water partition coefficient (Wildman–Crippen LogP) is 3.52. The molecular formula is C28H33N3O6S. The zero-order valence-corrected chi connectivity index (χ0v) is 22.3. The van der Waals surface area contributed by atoms with E-state index in [1.165, 1.54) is 30.7 Å². The van der Waals surface area contributed by atoms with Crippen LogP contribution in [-0.4, -0.2) is 75.4 Å². The van der Waals surface area contributed by atoms with Crippen molar-refractivity contribution in [1.29, 1.82) is 0 Å². The molecule has 4 aromatic rings. The van der Waals surface area contributed by atoms with Gasteiger partial charge in [-0.3, -0.25) is 0 Å². The third-order valence-electron chi connectivity index (χ3n) is 7.01. The van der Waals surface area contributed by atoms with Crippen molar-refractivity contribution in [2.45, 2.75) is 29.9 Å². The van der Waals surface area contributed by atoms with E-state index in [-0.39, 0.29) is 17.5 Å². The van der Waals surface area contributed by atoms with Crippen LogP contribution in [0.2, 0.25) is 0 Å². The van der Waals surface area contributed by atoms with Crippen molar-refractivity contribution < 1.29 is 27.7 Å². The van der Waals surface area contributed by atoms with Gasteiger partial charge in [0.25, 0.3) is 0 Å². The smallest absolute Gasteiger partial charge is 0.243 e. The van der Waals surface area contributed by atoms with Crippen molar-refractivity contribution in [3.05, 3.63) is 60.7 Å². The summed E-state index contributed by atoms with van der Waals surface area (Å²) in [4.78, 5) is 3.58. The Hall–Kier alpha value is -3.31. The Kier molecular flexibility index (Phi) is 7.75. The van der Waals surface area contributed by atoms with Gasteiger partial charge in [-0.15, -0.1) is 0 Å². The van der Waals surface area contributed by atoms with E-state index in [0.717, 1.165) is 27.6 Å². The van der Waals surface area contributed by atoms with E-state index in [1.807, 2.05) is 36.4 Å². The molecule has 5 rings (SSSR count). The number of nitrogens with zero attached hydrogens (tertiary/aromatic N) is 1. The van der Waals surface area contributed by atoms with Crippen molar-refractivity contribution in [2.24, 2.45) is 0 Å². The Morgan fingerprint density at radius 1 is 0.974 bits per heavy atom. The molecule has 2 heterocycles. The predicted molar refractivity (Wildman–Crippen MR) is 147 cm³/mol. The monoisotopic (exact) mass is 539 g/mol. The molecule has 1 atom stereocenters. The molecule has 9 nitrogen and oxygen atoms in total. The number of fused-ring (bicyclic) bond motifs is 3. The first-order chi connectivity index (χ1) is 18.4. The Labute approximate surface area is 222 Å². The standard InChI is InChI=1S/C28H33N3O6S/c1-35-25-11-10-21(16-27(25)36-2)38(33,34)31-14-12-19(13-15-31)29-17-20(32)18-37-26-9-5-8-24-28(26)22-6-3-4-7-23(22)30-24/h3-11,16,19-20,29-30,32H,12-15,17-18H2,1-2H3/t20-/m0/s1. The maximum atomic E-state index is 13.2. The van der Waals surface area contributed by atoms with Gasteiger partial charge < -0.3 is 29.6 Å². The molecule has 0 aliphatic carbocycles. The fourth-order valence-electron chi connectivity index (χ4n) is 4.96. The molecule has 1 fully saturated rings. The first-order valence-electron chi connectivity index (χ1n) is 12.7. The number of para-hydroxylation sites is 1. The molecule has 1 saturated heterocycles. The molecule has 1 aliphatic rings. The molecular weight excluding hydrogens is 506 g/mol. The highest BCUT2D eigenvalue weighted by Gasteiger charge is 2.30. The number of aromatic nitrogens is 1. The molecule has 0 bridgehead atoms. The maximum absolute atomic E-state index is 13.2. The van der Waals surface area contributed by atoms with Gasteiger partial charge in [-0.1, -0.05) is 24.3 Å². The van der Waals surface area contributed by atoms with Gasteiger partial charge in [-0.25, -0.2) is 8.42 Å². The Balaban J connectivity index is 1.13. The lowest BCUT2D eigenvalue weighted by Gasteiger charge is -2.32. The molecule has 0 amide bonds. The number of hydrogen-bond acceptors (Lipinski definition) is 7. The lowest BCUT2D eigenvalue weighted by Crippen LogP contribution is -2.47. The van der Waals surface area contributed by atoms with Crippen LogP contribution in [0.3, 0.4) is 0 Å². The van der Waals surface area contributed by atoms with Gasteiger partial charge in [0.1, 0.15) is 18.5 Å². The lowest BCUT2D eigenvalue weighted by molar-refractivity contribution is 0.102. The number of piperidine rings is 1. The van der Waals surface area contributed by atoms with Crippen molar-refractivity contribution in [2.75, 3.05) is 40.5 Å².